The van der Waals surface area contributed by atoms with Gasteiger partial charge >= 0.3 is 0 Å². The Bertz CT molecular complexity index is 361. The molecule has 0 aliphatic carbocycles. The summed E-state index contributed by atoms with van der Waals surface area (Å²) in [5, 5.41) is 9.36. The molecule has 1 aromatic carbocycles. The Morgan fingerprint density at radius 3 is 1.87 bits per heavy atom. The number of rotatable bonds is 3. The Kier molecular flexibility index (Phi) is 3.52. The summed E-state index contributed by atoms with van der Waals surface area (Å²) in [5.74, 6) is 0. The second-order valence-corrected chi connectivity index (χ2v) is 4.28. The van der Waals surface area contributed by atoms with Crippen LogP contribution in [0.3, 0.4) is 0 Å². The van der Waals surface area contributed by atoms with Gasteiger partial charge in [-0.2, -0.15) is 5.26 Å². The first kappa shape index (κ1) is 11.8. The van der Waals surface area contributed by atoms with Crippen LogP contribution in [0.4, 0.5) is 0 Å². The first-order valence-corrected chi connectivity index (χ1v) is 5.58. The molecule has 0 bridgehead atoms. The minimum absolute atomic E-state index is 0.295. The second kappa shape index (κ2) is 4.49. The summed E-state index contributed by atoms with van der Waals surface area (Å²) in [6.07, 6.45) is 1.76. The lowest BCUT2D eigenvalue weighted by Gasteiger charge is -2.24. The lowest BCUT2D eigenvalue weighted by Crippen LogP contribution is -2.22. The smallest absolute Gasteiger partial charge is 0.0817 e. The molecule has 0 atom stereocenters. The molecule has 15 heavy (non-hydrogen) atoms. The monoisotopic (exact) mass is 201 g/mol. The molecule has 0 aliphatic rings. The normalized spacial score (nSPS) is 11.1. The molecule has 1 rings (SSSR count). The summed E-state index contributed by atoms with van der Waals surface area (Å²) in [6.45, 7) is 8.35. The van der Waals surface area contributed by atoms with Gasteiger partial charge in [-0.25, -0.2) is 0 Å². The number of nitrogens with zero attached hydrogens (tertiary/aromatic N) is 1. The summed E-state index contributed by atoms with van der Waals surface area (Å²) >= 11 is 0. The number of aryl methyl sites for hydroxylation is 2. The predicted octanol–water partition coefficient (Wildman–Crippen LogP) is 3.88. The fourth-order valence-corrected chi connectivity index (χ4v) is 2.13. The molecule has 0 aromatic heterocycles. The van der Waals surface area contributed by atoms with E-state index < -0.39 is 0 Å². The average Bonchev–Trinajstić information content (AvgIpc) is 2.20. The molecule has 0 amide bonds. The van der Waals surface area contributed by atoms with Crippen LogP contribution in [0.15, 0.2) is 18.2 Å². The highest BCUT2D eigenvalue weighted by Crippen LogP contribution is 2.31. The van der Waals surface area contributed by atoms with E-state index in [1.165, 1.54) is 16.7 Å². The van der Waals surface area contributed by atoms with Crippen molar-refractivity contribution in [1.82, 2.24) is 0 Å². The lowest BCUT2D eigenvalue weighted by molar-refractivity contribution is 0.510. The molecule has 1 aromatic rings. The summed E-state index contributed by atoms with van der Waals surface area (Å²) < 4.78 is 0. The number of nitriles is 1. The quantitative estimate of drug-likeness (QED) is 0.728. The number of hydrogen-bond donors (Lipinski definition) is 0. The highest BCUT2D eigenvalue weighted by atomic mass is 14.4. The van der Waals surface area contributed by atoms with Crippen molar-refractivity contribution in [3.63, 3.8) is 0 Å². The largest absolute Gasteiger partial charge is 0.197 e. The summed E-state index contributed by atoms with van der Waals surface area (Å²) in [7, 11) is 0. The van der Waals surface area contributed by atoms with E-state index in [2.05, 4.69) is 52.0 Å². The predicted molar refractivity (Wildman–Crippen MR) is 63.8 cm³/mol. The Labute approximate surface area is 92.7 Å². The van der Waals surface area contributed by atoms with E-state index in [1.54, 1.807) is 0 Å². The van der Waals surface area contributed by atoms with E-state index in [4.69, 9.17) is 0 Å². The minimum Gasteiger partial charge on any atom is -0.197 e. The van der Waals surface area contributed by atoms with E-state index in [-0.39, 0.29) is 5.41 Å². The molecule has 0 heterocycles. The van der Waals surface area contributed by atoms with Crippen molar-refractivity contribution in [2.45, 2.75) is 46.0 Å². The van der Waals surface area contributed by atoms with Gasteiger partial charge in [0.2, 0.25) is 0 Å². The van der Waals surface area contributed by atoms with Crippen molar-refractivity contribution < 1.29 is 0 Å². The third-order valence-corrected chi connectivity index (χ3v) is 3.20. The maximum Gasteiger partial charge on any atom is 0.0817 e. The van der Waals surface area contributed by atoms with Gasteiger partial charge in [-0.15, -0.1) is 0 Å². The third-order valence-electron chi connectivity index (χ3n) is 3.20. The van der Waals surface area contributed by atoms with Gasteiger partial charge in [-0.05, 0) is 32.3 Å². The number of hydrogen-bond acceptors (Lipinski definition) is 1. The molecular weight excluding hydrogens is 182 g/mol. The van der Waals surface area contributed by atoms with Crippen LogP contribution in [-0.2, 0) is 5.41 Å². The molecule has 0 fully saturated rings. The molecule has 0 radical (unpaired) electrons. The molecule has 1 heteroatoms. The van der Waals surface area contributed by atoms with Crippen LogP contribution in [0, 0.1) is 25.2 Å². The standard InChI is InChI=1S/C14H19N/c1-5-14(6-2,10-15)13-8-11(3)7-12(4)9-13/h7-9H,5-6H2,1-4H3. The highest BCUT2D eigenvalue weighted by molar-refractivity contribution is 5.38. The van der Waals surface area contributed by atoms with Crippen LogP contribution in [0.25, 0.3) is 0 Å². The van der Waals surface area contributed by atoms with Gasteiger partial charge in [-0.1, -0.05) is 43.2 Å². The molecule has 0 unspecified atom stereocenters. The zero-order valence-electron chi connectivity index (χ0n) is 10.1. The van der Waals surface area contributed by atoms with Crippen LogP contribution in [0.5, 0.6) is 0 Å². The molecule has 0 saturated heterocycles. The van der Waals surface area contributed by atoms with E-state index >= 15 is 0 Å². The van der Waals surface area contributed by atoms with Crippen LogP contribution < -0.4 is 0 Å². The lowest BCUT2D eigenvalue weighted by atomic mass is 9.76. The Morgan fingerprint density at radius 1 is 1.07 bits per heavy atom. The van der Waals surface area contributed by atoms with Gasteiger partial charge in [-0.3, -0.25) is 0 Å². The molecular formula is C14H19N. The first-order valence-electron chi connectivity index (χ1n) is 5.58. The third kappa shape index (κ3) is 2.21. The average molecular weight is 201 g/mol. The number of benzene rings is 1. The van der Waals surface area contributed by atoms with Crippen LogP contribution in [0.1, 0.15) is 43.4 Å². The molecule has 0 saturated carbocycles. The Hall–Kier alpha value is -1.29. The van der Waals surface area contributed by atoms with Crippen LogP contribution in [-0.4, -0.2) is 0 Å². The van der Waals surface area contributed by atoms with Crippen molar-refractivity contribution in [3.05, 3.63) is 34.9 Å². The summed E-state index contributed by atoms with van der Waals surface area (Å²) in [4.78, 5) is 0. The zero-order valence-corrected chi connectivity index (χ0v) is 10.1. The Balaban J connectivity index is 3.30. The van der Waals surface area contributed by atoms with E-state index in [9.17, 15) is 5.26 Å². The van der Waals surface area contributed by atoms with E-state index in [0.29, 0.717) is 0 Å². The fourth-order valence-electron chi connectivity index (χ4n) is 2.13. The van der Waals surface area contributed by atoms with Gasteiger partial charge < -0.3 is 0 Å². The van der Waals surface area contributed by atoms with Gasteiger partial charge in [0, 0.05) is 0 Å². The fraction of sp³-hybridized carbons (Fsp3) is 0.500. The summed E-state index contributed by atoms with van der Waals surface area (Å²) in [5.41, 5.74) is 3.36. The second-order valence-electron chi connectivity index (χ2n) is 4.28. The molecule has 0 N–H and O–H groups in total. The van der Waals surface area contributed by atoms with Crippen LogP contribution >= 0.6 is 0 Å². The van der Waals surface area contributed by atoms with E-state index in [0.717, 1.165) is 12.8 Å². The van der Waals surface area contributed by atoms with Crippen LogP contribution in [0.2, 0.25) is 0 Å². The molecule has 0 spiro atoms. The summed E-state index contributed by atoms with van der Waals surface area (Å²) in [6, 6.07) is 8.92. The van der Waals surface area contributed by atoms with Gasteiger partial charge in [0.25, 0.3) is 0 Å². The van der Waals surface area contributed by atoms with Crippen molar-refractivity contribution in [3.8, 4) is 6.07 Å². The van der Waals surface area contributed by atoms with Crippen molar-refractivity contribution >= 4 is 0 Å². The van der Waals surface area contributed by atoms with Gasteiger partial charge in [0.15, 0.2) is 0 Å². The Morgan fingerprint density at radius 2 is 1.53 bits per heavy atom. The van der Waals surface area contributed by atoms with Crippen molar-refractivity contribution in [1.29, 1.82) is 5.26 Å². The molecule has 1 nitrogen and oxygen atoms in total. The highest BCUT2D eigenvalue weighted by Gasteiger charge is 2.28. The first-order chi connectivity index (χ1) is 7.07. The van der Waals surface area contributed by atoms with E-state index in [1.807, 2.05) is 0 Å². The maximum absolute atomic E-state index is 9.36. The molecule has 80 valence electrons. The topological polar surface area (TPSA) is 23.8 Å². The molecule has 0 aliphatic heterocycles. The zero-order chi connectivity index (χ0) is 11.5. The van der Waals surface area contributed by atoms with Gasteiger partial charge in [0.1, 0.15) is 0 Å². The minimum atomic E-state index is -0.295. The van der Waals surface area contributed by atoms with Gasteiger partial charge in [0.05, 0.1) is 11.5 Å². The van der Waals surface area contributed by atoms with Crippen molar-refractivity contribution in [2.24, 2.45) is 0 Å². The maximum atomic E-state index is 9.36. The SMILES string of the molecule is CCC(C#N)(CC)c1cc(C)cc(C)c1. The van der Waals surface area contributed by atoms with Crippen molar-refractivity contribution in [2.75, 3.05) is 0 Å².